The average Bonchev–Trinajstić information content (AvgIpc) is 2.77. The van der Waals surface area contributed by atoms with Crippen LogP contribution in [0, 0.1) is 0 Å². The highest BCUT2D eigenvalue weighted by Gasteiger charge is 2.28. The molecular weight excluding hydrogens is 418 g/mol. The lowest BCUT2D eigenvalue weighted by molar-refractivity contribution is -0.138. The first kappa shape index (κ1) is 26.0. The molecule has 178 valence electrons. The summed E-state index contributed by atoms with van der Waals surface area (Å²) in [6.07, 6.45) is 1.86. The summed E-state index contributed by atoms with van der Waals surface area (Å²) in [5, 5.41) is 0. The van der Waals surface area contributed by atoms with E-state index in [-0.39, 0.29) is 6.61 Å². The molecule has 0 N–H and O–H groups in total. The zero-order chi connectivity index (χ0) is 24.4. The summed E-state index contributed by atoms with van der Waals surface area (Å²) in [7, 11) is 1.61. The molecule has 0 aliphatic carbocycles. The number of hydrogen-bond acceptors (Lipinski definition) is 5. The van der Waals surface area contributed by atoms with Crippen molar-refractivity contribution in [3.8, 4) is 5.75 Å². The van der Waals surface area contributed by atoms with E-state index in [2.05, 4.69) is 0 Å². The van der Waals surface area contributed by atoms with E-state index in [0.717, 1.165) is 16.9 Å². The van der Waals surface area contributed by atoms with Crippen LogP contribution in [-0.2, 0) is 27.2 Å². The summed E-state index contributed by atoms with van der Waals surface area (Å²) in [6, 6.07) is 17.0. The fraction of sp³-hybridized carbons (Fsp3) is 0.407. The van der Waals surface area contributed by atoms with Crippen LogP contribution in [0.5, 0.6) is 5.75 Å². The predicted molar refractivity (Wildman–Crippen MR) is 129 cm³/mol. The van der Waals surface area contributed by atoms with E-state index < -0.39 is 23.7 Å². The minimum absolute atomic E-state index is 0.287. The van der Waals surface area contributed by atoms with Crippen molar-refractivity contribution >= 4 is 12.1 Å². The van der Waals surface area contributed by atoms with Crippen LogP contribution in [0.25, 0.3) is 0 Å². The standard InChI is InChI=1S/C27H35NO5/c1-7-32-25(29)20(2)17-23(18-21-11-9-8-10-12-21)28(26(30)33-27(3,4)5)19-22-13-15-24(31-6)16-14-22/h8-17,23H,7,18-19H2,1-6H3/b20-17+/t23-/m1/s1. The smallest absolute Gasteiger partial charge is 0.411 e. The number of carbonyl (C=O) groups excluding carboxylic acids is 2. The van der Waals surface area contributed by atoms with Gasteiger partial charge in [-0.3, -0.25) is 4.90 Å². The van der Waals surface area contributed by atoms with E-state index in [1.807, 2.05) is 75.4 Å². The summed E-state index contributed by atoms with van der Waals surface area (Å²) < 4.78 is 16.2. The molecule has 0 saturated heterocycles. The molecule has 2 aromatic carbocycles. The molecule has 1 amide bonds. The van der Waals surface area contributed by atoms with Crippen molar-refractivity contribution in [2.75, 3.05) is 13.7 Å². The van der Waals surface area contributed by atoms with Crippen molar-refractivity contribution in [1.29, 1.82) is 0 Å². The van der Waals surface area contributed by atoms with E-state index in [1.54, 1.807) is 31.9 Å². The second-order valence-corrected chi connectivity index (χ2v) is 8.78. The van der Waals surface area contributed by atoms with Crippen molar-refractivity contribution in [3.63, 3.8) is 0 Å². The molecule has 0 spiro atoms. The third-order valence-corrected chi connectivity index (χ3v) is 4.87. The zero-order valence-electron chi connectivity index (χ0n) is 20.5. The number of esters is 1. The Bertz CT molecular complexity index is 929. The maximum Gasteiger partial charge on any atom is 0.411 e. The van der Waals surface area contributed by atoms with E-state index in [9.17, 15) is 9.59 Å². The maximum atomic E-state index is 13.3. The zero-order valence-corrected chi connectivity index (χ0v) is 20.5. The van der Waals surface area contributed by atoms with Gasteiger partial charge in [0.15, 0.2) is 0 Å². The highest BCUT2D eigenvalue weighted by atomic mass is 16.6. The van der Waals surface area contributed by atoms with Gasteiger partial charge >= 0.3 is 12.1 Å². The molecule has 0 fully saturated rings. The van der Waals surface area contributed by atoms with Gasteiger partial charge in [0, 0.05) is 12.1 Å². The van der Waals surface area contributed by atoms with Crippen molar-refractivity contribution in [1.82, 2.24) is 4.90 Å². The third kappa shape index (κ3) is 8.64. The van der Waals surface area contributed by atoms with Gasteiger partial charge in [-0.05, 0) is 64.3 Å². The summed E-state index contributed by atoms with van der Waals surface area (Å²) >= 11 is 0. The maximum absolute atomic E-state index is 13.3. The highest BCUT2D eigenvalue weighted by molar-refractivity contribution is 5.88. The number of methoxy groups -OCH3 is 1. The number of nitrogens with zero attached hydrogens (tertiary/aromatic N) is 1. The molecule has 0 radical (unpaired) electrons. The van der Waals surface area contributed by atoms with Crippen molar-refractivity contribution in [2.24, 2.45) is 0 Å². The van der Waals surface area contributed by atoms with Crippen LogP contribution in [0.3, 0.4) is 0 Å². The molecule has 2 aromatic rings. The second kappa shape index (κ2) is 12.1. The van der Waals surface area contributed by atoms with Crippen LogP contribution in [0.2, 0.25) is 0 Å². The normalized spacial score (nSPS) is 12.6. The number of hydrogen-bond donors (Lipinski definition) is 0. The van der Waals surface area contributed by atoms with Crippen LogP contribution >= 0.6 is 0 Å². The second-order valence-electron chi connectivity index (χ2n) is 8.78. The lowest BCUT2D eigenvalue weighted by Gasteiger charge is -2.33. The van der Waals surface area contributed by atoms with Crippen molar-refractivity contribution in [3.05, 3.63) is 77.4 Å². The Balaban J connectivity index is 2.46. The van der Waals surface area contributed by atoms with Gasteiger partial charge in [-0.1, -0.05) is 48.5 Å². The van der Waals surface area contributed by atoms with Gasteiger partial charge in [0.1, 0.15) is 11.4 Å². The summed E-state index contributed by atoms with van der Waals surface area (Å²) in [4.78, 5) is 27.3. The van der Waals surface area contributed by atoms with Gasteiger partial charge in [-0.15, -0.1) is 0 Å². The monoisotopic (exact) mass is 453 g/mol. The van der Waals surface area contributed by atoms with E-state index in [4.69, 9.17) is 14.2 Å². The number of benzene rings is 2. The Morgan fingerprint density at radius 1 is 1.00 bits per heavy atom. The lowest BCUT2D eigenvalue weighted by atomic mass is 10.0. The minimum Gasteiger partial charge on any atom is -0.497 e. The van der Waals surface area contributed by atoms with Crippen LogP contribution in [0.4, 0.5) is 4.79 Å². The van der Waals surface area contributed by atoms with Gasteiger partial charge in [-0.25, -0.2) is 9.59 Å². The fourth-order valence-corrected chi connectivity index (χ4v) is 3.28. The Morgan fingerprint density at radius 3 is 2.18 bits per heavy atom. The molecule has 6 heteroatoms. The Hall–Kier alpha value is -3.28. The summed E-state index contributed by atoms with van der Waals surface area (Å²) in [6.45, 7) is 9.57. The van der Waals surface area contributed by atoms with Gasteiger partial charge in [0.2, 0.25) is 0 Å². The largest absolute Gasteiger partial charge is 0.497 e. The van der Waals surface area contributed by atoms with Gasteiger partial charge in [-0.2, -0.15) is 0 Å². The van der Waals surface area contributed by atoms with E-state index >= 15 is 0 Å². The lowest BCUT2D eigenvalue weighted by Crippen LogP contribution is -2.43. The Morgan fingerprint density at radius 2 is 1.64 bits per heavy atom. The summed E-state index contributed by atoms with van der Waals surface area (Å²) in [5.41, 5.74) is 1.74. The number of amides is 1. The highest BCUT2D eigenvalue weighted by Crippen LogP contribution is 2.21. The van der Waals surface area contributed by atoms with E-state index in [1.165, 1.54) is 0 Å². The van der Waals surface area contributed by atoms with Crippen LogP contribution in [-0.4, -0.2) is 42.3 Å². The third-order valence-electron chi connectivity index (χ3n) is 4.87. The van der Waals surface area contributed by atoms with Crippen molar-refractivity contribution < 1.29 is 23.8 Å². The molecule has 6 nitrogen and oxygen atoms in total. The number of rotatable bonds is 9. The molecule has 0 unspecified atom stereocenters. The molecule has 0 aliphatic rings. The molecule has 33 heavy (non-hydrogen) atoms. The Kier molecular flexibility index (Phi) is 9.52. The fourth-order valence-electron chi connectivity index (χ4n) is 3.28. The van der Waals surface area contributed by atoms with Crippen LogP contribution in [0.15, 0.2) is 66.2 Å². The Labute approximate surface area is 197 Å². The first-order valence-electron chi connectivity index (χ1n) is 11.1. The van der Waals surface area contributed by atoms with Gasteiger partial charge in [0.05, 0.1) is 19.8 Å². The first-order valence-corrected chi connectivity index (χ1v) is 11.1. The number of ether oxygens (including phenoxy) is 3. The topological polar surface area (TPSA) is 65.1 Å². The molecule has 0 bridgehead atoms. The summed E-state index contributed by atoms with van der Waals surface area (Å²) in [5.74, 6) is 0.339. The molecule has 2 rings (SSSR count). The molecular formula is C27H35NO5. The molecule has 0 aromatic heterocycles. The van der Waals surface area contributed by atoms with E-state index in [0.29, 0.717) is 18.5 Å². The minimum atomic E-state index is -0.660. The average molecular weight is 454 g/mol. The van der Waals surface area contributed by atoms with Crippen LogP contribution in [0.1, 0.15) is 45.7 Å². The molecule has 0 heterocycles. The van der Waals surface area contributed by atoms with Gasteiger partial charge in [0.25, 0.3) is 0 Å². The molecule has 0 aliphatic heterocycles. The predicted octanol–water partition coefficient (Wildman–Crippen LogP) is 5.55. The molecule has 0 saturated carbocycles. The first-order chi connectivity index (χ1) is 15.6. The molecule has 1 atom stereocenters. The quantitative estimate of drug-likeness (QED) is 0.368. The van der Waals surface area contributed by atoms with Gasteiger partial charge < -0.3 is 14.2 Å². The number of carbonyl (C=O) groups is 2. The SMILES string of the molecule is CCOC(=O)/C(C)=C/[C@H](Cc1ccccc1)N(Cc1ccc(OC)cc1)C(=O)OC(C)(C)C. The van der Waals surface area contributed by atoms with Crippen LogP contribution < -0.4 is 4.74 Å². The van der Waals surface area contributed by atoms with Crippen molar-refractivity contribution in [2.45, 2.75) is 59.2 Å².